The van der Waals surface area contributed by atoms with Crippen LogP contribution in [0.4, 0.5) is 11.4 Å². The van der Waals surface area contributed by atoms with Gasteiger partial charge in [0.15, 0.2) is 0 Å². The number of nitrogens with zero attached hydrogens (tertiary/aromatic N) is 3. The summed E-state index contributed by atoms with van der Waals surface area (Å²) in [5.74, 6) is 0. The summed E-state index contributed by atoms with van der Waals surface area (Å²) in [4.78, 5) is 14.5. The Balaban J connectivity index is 1.93. The van der Waals surface area contributed by atoms with E-state index in [0.717, 1.165) is 31.9 Å². The first-order valence-corrected chi connectivity index (χ1v) is 7.47. The maximum absolute atomic E-state index is 10.7. The van der Waals surface area contributed by atoms with E-state index in [1.54, 1.807) is 13.2 Å². The van der Waals surface area contributed by atoms with Gasteiger partial charge in [-0.2, -0.15) is 0 Å². The average molecular weight is 330 g/mol. The number of non-ortho nitro benzene ring substituents is 1. The fourth-order valence-electron chi connectivity index (χ4n) is 2.58. The number of rotatable bonds is 6. The largest absolute Gasteiger partial charge is 0.389 e. The van der Waals surface area contributed by atoms with E-state index >= 15 is 0 Å². The average Bonchev–Trinajstić information content (AvgIpc) is 2.48. The monoisotopic (exact) mass is 329 g/mol. The van der Waals surface area contributed by atoms with Crippen molar-refractivity contribution in [2.45, 2.75) is 6.10 Å². The summed E-state index contributed by atoms with van der Waals surface area (Å²) in [6.07, 6.45) is -0.487. The summed E-state index contributed by atoms with van der Waals surface area (Å²) >= 11 is 6.15. The van der Waals surface area contributed by atoms with Crippen LogP contribution in [-0.4, -0.2) is 67.5 Å². The number of halogens is 1. The van der Waals surface area contributed by atoms with Crippen molar-refractivity contribution in [2.24, 2.45) is 0 Å². The number of β-amino-alcohol motifs (C(OH)–C–C–N with tert-alkyl or cyclic N) is 1. The van der Waals surface area contributed by atoms with Gasteiger partial charge < -0.3 is 14.7 Å². The lowest BCUT2D eigenvalue weighted by atomic mass is 10.2. The van der Waals surface area contributed by atoms with E-state index < -0.39 is 11.0 Å². The molecule has 1 fully saturated rings. The fourth-order valence-corrected chi connectivity index (χ4v) is 2.87. The maximum atomic E-state index is 10.7. The Labute approximate surface area is 134 Å². The van der Waals surface area contributed by atoms with Gasteiger partial charge in [-0.25, -0.2) is 0 Å². The molecule has 0 amide bonds. The van der Waals surface area contributed by atoms with E-state index in [9.17, 15) is 15.2 Å². The molecule has 2 rings (SSSR count). The molecule has 0 aromatic heterocycles. The third kappa shape index (κ3) is 4.30. The van der Waals surface area contributed by atoms with Crippen LogP contribution >= 0.6 is 11.6 Å². The summed E-state index contributed by atoms with van der Waals surface area (Å²) in [5, 5.41) is 20.9. The van der Waals surface area contributed by atoms with Gasteiger partial charge in [0.05, 0.1) is 28.3 Å². The topological polar surface area (TPSA) is 79.1 Å². The number of aliphatic hydroxyl groups is 1. The molecule has 0 aliphatic carbocycles. The number of benzene rings is 1. The highest BCUT2D eigenvalue weighted by atomic mass is 35.5. The summed E-state index contributed by atoms with van der Waals surface area (Å²) in [6, 6.07) is 4.54. The number of hydrogen-bond donors (Lipinski definition) is 1. The van der Waals surface area contributed by atoms with Crippen LogP contribution in [0, 0.1) is 10.1 Å². The van der Waals surface area contributed by atoms with Crippen LogP contribution in [0.1, 0.15) is 0 Å². The van der Waals surface area contributed by atoms with Crippen molar-refractivity contribution in [3.8, 4) is 0 Å². The second-order valence-electron chi connectivity index (χ2n) is 5.29. The van der Waals surface area contributed by atoms with Gasteiger partial charge >= 0.3 is 0 Å². The molecule has 22 heavy (non-hydrogen) atoms. The minimum atomic E-state index is -0.487. The van der Waals surface area contributed by atoms with Crippen molar-refractivity contribution in [3.63, 3.8) is 0 Å². The van der Waals surface area contributed by atoms with Crippen LogP contribution in [0.3, 0.4) is 0 Å². The lowest BCUT2D eigenvalue weighted by molar-refractivity contribution is -0.384. The number of piperazine rings is 1. The number of aliphatic hydroxyl groups excluding tert-OH is 1. The second kappa shape index (κ2) is 7.73. The molecule has 122 valence electrons. The standard InChI is InChI=1S/C14H20ClN3O4/c1-22-10-12(19)9-16-4-6-17(7-5-16)14-3-2-11(18(20)21)8-13(14)15/h2-3,8,12,19H,4-7,9-10H2,1H3/t12-/m0/s1. The van der Waals surface area contributed by atoms with Crippen molar-refractivity contribution < 1.29 is 14.8 Å². The highest BCUT2D eigenvalue weighted by molar-refractivity contribution is 6.33. The number of nitro benzene ring substituents is 1. The van der Waals surface area contributed by atoms with E-state index in [1.807, 2.05) is 0 Å². The summed E-state index contributed by atoms with van der Waals surface area (Å²) in [7, 11) is 1.57. The molecule has 1 aromatic carbocycles. The number of anilines is 1. The summed E-state index contributed by atoms with van der Waals surface area (Å²) in [5.41, 5.74) is 0.805. The van der Waals surface area contributed by atoms with Crippen molar-refractivity contribution in [3.05, 3.63) is 33.3 Å². The molecular weight excluding hydrogens is 310 g/mol. The second-order valence-corrected chi connectivity index (χ2v) is 5.70. The van der Waals surface area contributed by atoms with Gasteiger partial charge in [-0.1, -0.05) is 11.6 Å². The predicted molar refractivity (Wildman–Crippen MR) is 84.6 cm³/mol. The van der Waals surface area contributed by atoms with Crippen LogP contribution < -0.4 is 4.90 Å². The lowest BCUT2D eigenvalue weighted by Crippen LogP contribution is -2.49. The lowest BCUT2D eigenvalue weighted by Gasteiger charge is -2.37. The van der Waals surface area contributed by atoms with Gasteiger partial charge in [0.2, 0.25) is 0 Å². The van der Waals surface area contributed by atoms with Crippen molar-refractivity contribution in [2.75, 3.05) is 51.3 Å². The zero-order valence-corrected chi connectivity index (χ0v) is 13.2. The molecule has 1 heterocycles. The van der Waals surface area contributed by atoms with Gasteiger partial charge in [-0.15, -0.1) is 0 Å². The Kier molecular flexibility index (Phi) is 5.96. The molecule has 1 aromatic rings. The zero-order valence-electron chi connectivity index (χ0n) is 12.4. The number of hydrogen-bond acceptors (Lipinski definition) is 6. The first-order valence-electron chi connectivity index (χ1n) is 7.09. The van der Waals surface area contributed by atoms with E-state index in [2.05, 4.69) is 9.80 Å². The molecule has 1 N–H and O–H groups in total. The molecule has 1 atom stereocenters. The molecule has 7 nitrogen and oxygen atoms in total. The van der Waals surface area contributed by atoms with Gasteiger partial charge in [-0.3, -0.25) is 15.0 Å². The minimum Gasteiger partial charge on any atom is -0.389 e. The smallest absolute Gasteiger partial charge is 0.271 e. The maximum Gasteiger partial charge on any atom is 0.271 e. The third-order valence-corrected chi connectivity index (χ3v) is 3.99. The van der Waals surface area contributed by atoms with E-state index in [1.165, 1.54) is 12.1 Å². The van der Waals surface area contributed by atoms with E-state index in [4.69, 9.17) is 16.3 Å². The molecule has 1 saturated heterocycles. The van der Waals surface area contributed by atoms with Crippen molar-refractivity contribution >= 4 is 23.0 Å². The number of nitro groups is 1. The van der Waals surface area contributed by atoms with E-state index in [-0.39, 0.29) is 5.69 Å². The Morgan fingerprint density at radius 2 is 2.09 bits per heavy atom. The van der Waals surface area contributed by atoms with Crippen molar-refractivity contribution in [1.29, 1.82) is 0 Å². The number of methoxy groups -OCH3 is 1. The SMILES string of the molecule is COC[C@@H](O)CN1CCN(c2ccc([N+](=O)[O-])cc2Cl)CC1. The van der Waals surface area contributed by atoms with Gasteiger partial charge in [0.1, 0.15) is 0 Å². The van der Waals surface area contributed by atoms with Crippen LogP contribution in [0.15, 0.2) is 18.2 Å². The molecule has 1 aliphatic rings. The van der Waals surface area contributed by atoms with Gasteiger partial charge in [0, 0.05) is 52.0 Å². The summed E-state index contributed by atoms with van der Waals surface area (Å²) < 4.78 is 4.92. The first-order chi connectivity index (χ1) is 10.5. The van der Waals surface area contributed by atoms with Crippen LogP contribution in [-0.2, 0) is 4.74 Å². The molecule has 0 saturated carbocycles. The zero-order chi connectivity index (χ0) is 16.1. The van der Waals surface area contributed by atoms with Crippen LogP contribution in [0.5, 0.6) is 0 Å². The highest BCUT2D eigenvalue weighted by Crippen LogP contribution is 2.30. The third-order valence-electron chi connectivity index (χ3n) is 3.68. The molecule has 0 radical (unpaired) electrons. The van der Waals surface area contributed by atoms with Crippen LogP contribution in [0.25, 0.3) is 0 Å². The Hall–Kier alpha value is -1.41. The normalized spacial score (nSPS) is 17.5. The van der Waals surface area contributed by atoms with Gasteiger partial charge in [0.25, 0.3) is 5.69 Å². The Morgan fingerprint density at radius 1 is 1.41 bits per heavy atom. The molecule has 0 unspecified atom stereocenters. The summed E-state index contributed by atoms with van der Waals surface area (Å²) in [6.45, 7) is 4.03. The quantitative estimate of drug-likeness (QED) is 0.627. The Bertz CT molecular complexity index is 521. The molecule has 1 aliphatic heterocycles. The predicted octanol–water partition coefficient (Wildman–Crippen LogP) is 1.38. The fraction of sp³-hybridized carbons (Fsp3) is 0.571. The first kappa shape index (κ1) is 17.0. The molecule has 0 bridgehead atoms. The highest BCUT2D eigenvalue weighted by Gasteiger charge is 2.21. The molecule has 8 heteroatoms. The minimum absolute atomic E-state index is 0.00456. The molecule has 0 spiro atoms. The Morgan fingerprint density at radius 3 is 2.64 bits per heavy atom. The van der Waals surface area contributed by atoms with Gasteiger partial charge in [-0.05, 0) is 6.07 Å². The van der Waals surface area contributed by atoms with Crippen LogP contribution in [0.2, 0.25) is 5.02 Å². The van der Waals surface area contributed by atoms with E-state index in [0.29, 0.717) is 18.2 Å². The number of ether oxygens (including phenoxy) is 1. The van der Waals surface area contributed by atoms with Crippen molar-refractivity contribution in [1.82, 2.24) is 4.90 Å². The molecular formula is C14H20ClN3O4.